The fourth-order valence-corrected chi connectivity index (χ4v) is 2.24. The third-order valence-electron chi connectivity index (χ3n) is 3.22. The lowest BCUT2D eigenvalue weighted by molar-refractivity contribution is 0.238. The molecule has 0 radical (unpaired) electrons. The first-order valence-corrected chi connectivity index (χ1v) is 5.82. The second kappa shape index (κ2) is 4.67. The van der Waals surface area contributed by atoms with Gasteiger partial charge < -0.3 is 5.11 Å². The molecule has 84 valence electrons. The Labute approximate surface area is 96.7 Å². The quantitative estimate of drug-likeness (QED) is 0.828. The Hall–Kier alpha value is -1.34. The van der Waals surface area contributed by atoms with Gasteiger partial charge in [-0.05, 0) is 22.3 Å². The van der Waals surface area contributed by atoms with E-state index < -0.39 is 0 Å². The van der Waals surface area contributed by atoms with E-state index in [0.29, 0.717) is 5.92 Å². The van der Waals surface area contributed by atoms with E-state index in [4.69, 9.17) is 0 Å². The van der Waals surface area contributed by atoms with Crippen LogP contribution in [0.25, 0.3) is 10.8 Å². The van der Waals surface area contributed by atoms with Crippen LogP contribution in [-0.2, 0) is 0 Å². The highest BCUT2D eigenvalue weighted by atomic mass is 16.3. The van der Waals surface area contributed by atoms with Crippen LogP contribution in [0.5, 0.6) is 0 Å². The summed E-state index contributed by atoms with van der Waals surface area (Å²) >= 11 is 0. The predicted octanol–water partition coefficient (Wildman–Crippen LogP) is 3.57. The lowest BCUT2D eigenvalue weighted by atomic mass is 9.86. The molecule has 16 heavy (non-hydrogen) atoms. The third kappa shape index (κ3) is 1.96. The van der Waals surface area contributed by atoms with E-state index in [1.807, 2.05) is 0 Å². The van der Waals surface area contributed by atoms with Crippen LogP contribution >= 0.6 is 0 Å². The second-order valence-electron chi connectivity index (χ2n) is 4.60. The molecule has 0 saturated heterocycles. The molecule has 1 atom stereocenters. The summed E-state index contributed by atoms with van der Waals surface area (Å²) in [6.45, 7) is 4.52. The van der Waals surface area contributed by atoms with E-state index in [2.05, 4.69) is 56.3 Å². The second-order valence-corrected chi connectivity index (χ2v) is 4.60. The van der Waals surface area contributed by atoms with Crippen LogP contribution in [0.4, 0.5) is 0 Å². The molecule has 2 aromatic carbocycles. The Bertz CT molecular complexity index is 468. The maximum atomic E-state index is 9.51. The fourth-order valence-electron chi connectivity index (χ4n) is 2.24. The first kappa shape index (κ1) is 11.2. The average Bonchev–Trinajstić information content (AvgIpc) is 2.30. The molecular weight excluding hydrogens is 196 g/mol. The van der Waals surface area contributed by atoms with E-state index in [-0.39, 0.29) is 12.5 Å². The smallest absolute Gasteiger partial charge is 0.0502 e. The van der Waals surface area contributed by atoms with Gasteiger partial charge in [-0.25, -0.2) is 0 Å². The van der Waals surface area contributed by atoms with Crippen LogP contribution in [0.1, 0.15) is 25.3 Å². The highest BCUT2D eigenvalue weighted by molar-refractivity contribution is 5.86. The zero-order valence-electron chi connectivity index (χ0n) is 9.85. The van der Waals surface area contributed by atoms with Gasteiger partial charge >= 0.3 is 0 Å². The van der Waals surface area contributed by atoms with Gasteiger partial charge in [-0.3, -0.25) is 0 Å². The van der Waals surface area contributed by atoms with Crippen molar-refractivity contribution in [3.8, 4) is 0 Å². The number of aliphatic hydroxyl groups is 1. The molecule has 0 aliphatic rings. The zero-order valence-corrected chi connectivity index (χ0v) is 9.85. The van der Waals surface area contributed by atoms with Gasteiger partial charge in [0.05, 0.1) is 6.61 Å². The van der Waals surface area contributed by atoms with Gasteiger partial charge in [0.25, 0.3) is 0 Å². The molecule has 0 saturated carbocycles. The molecule has 0 fully saturated rings. The van der Waals surface area contributed by atoms with Gasteiger partial charge in [0.15, 0.2) is 0 Å². The molecule has 2 aromatic rings. The summed E-state index contributed by atoms with van der Waals surface area (Å²) in [6.07, 6.45) is 0. The van der Waals surface area contributed by atoms with E-state index >= 15 is 0 Å². The number of benzene rings is 2. The van der Waals surface area contributed by atoms with E-state index in [0.717, 1.165) is 0 Å². The summed E-state index contributed by atoms with van der Waals surface area (Å²) in [4.78, 5) is 0. The molecule has 0 heterocycles. The van der Waals surface area contributed by atoms with Crippen LogP contribution in [-0.4, -0.2) is 11.7 Å². The number of aliphatic hydroxyl groups excluding tert-OH is 1. The van der Waals surface area contributed by atoms with E-state index in [9.17, 15) is 5.11 Å². The van der Waals surface area contributed by atoms with Gasteiger partial charge in [-0.2, -0.15) is 0 Å². The Morgan fingerprint density at radius 3 is 2.38 bits per heavy atom. The third-order valence-corrected chi connectivity index (χ3v) is 3.22. The van der Waals surface area contributed by atoms with Crippen molar-refractivity contribution in [2.24, 2.45) is 5.92 Å². The van der Waals surface area contributed by atoms with Crippen molar-refractivity contribution in [2.75, 3.05) is 6.61 Å². The van der Waals surface area contributed by atoms with Gasteiger partial charge in [0.1, 0.15) is 0 Å². The first-order chi connectivity index (χ1) is 7.74. The molecule has 1 nitrogen and oxygen atoms in total. The van der Waals surface area contributed by atoms with Crippen LogP contribution in [0.2, 0.25) is 0 Å². The summed E-state index contributed by atoms with van der Waals surface area (Å²) in [6, 6.07) is 14.7. The molecule has 0 aliphatic carbocycles. The minimum atomic E-state index is 0.214. The Balaban J connectivity index is 2.59. The monoisotopic (exact) mass is 214 g/mol. The standard InChI is InChI=1S/C15H18O/c1-11(2)15(10-16)14-9-5-7-12-6-3-4-8-13(12)14/h3-9,11,15-16H,10H2,1-2H3. The Kier molecular flexibility index (Phi) is 3.25. The molecule has 0 spiro atoms. The van der Waals surface area contributed by atoms with E-state index in [1.165, 1.54) is 16.3 Å². The molecule has 0 amide bonds. The maximum absolute atomic E-state index is 9.51. The Morgan fingerprint density at radius 1 is 1.00 bits per heavy atom. The normalized spacial score (nSPS) is 13.2. The first-order valence-electron chi connectivity index (χ1n) is 5.82. The molecule has 1 N–H and O–H groups in total. The number of rotatable bonds is 3. The van der Waals surface area contributed by atoms with Crippen molar-refractivity contribution < 1.29 is 5.11 Å². The highest BCUT2D eigenvalue weighted by Crippen LogP contribution is 2.30. The van der Waals surface area contributed by atoms with Gasteiger partial charge in [-0.15, -0.1) is 0 Å². The van der Waals surface area contributed by atoms with Crippen molar-refractivity contribution in [1.29, 1.82) is 0 Å². The molecule has 0 bridgehead atoms. The molecule has 0 aromatic heterocycles. The van der Waals surface area contributed by atoms with Crippen molar-refractivity contribution >= 4 is 10.8 Å². The zero-order chi connectivity index (χ0) is 11.5. The van der Waals surface area contributed by atoms with Crippen LogP contribution in [0.3, 0.4) is 0 Å². The van der Waals surface area contributed by atoms with Crippen molar-refractivity contribution in [1.82, 2.24) is 0 Å². The SMILES string of the molecule is CC(C)C(CO)c1cccc2ccccc12. The minimum Gasteiger partial charge on any atom is -0.396 e. The van der Waals surface area contributed by atoms with Gasteiger partial charge in [0, 0.05) is 5.92 Å². The summed E-state index contributed by atoms with van der Waals surface area (Å²) in [5, 5.41) is 12.0. The minimum absolute atomic E-state index is 0.214. The van der Waals surface area contributed by atoms with Crippen LogP contribution in [0, 0.1) is 5.92 Å². The van der Waals surface area contributed by atoms with Crippen molar-refractivity contribution in [3.05, 3.63) is 48.0 Å². The topological polar surface area (TPSA) is 20.2 Å². The maximum Gasteiger partial charge on any atom is 0.0502 e. The lowest BCUT2D eigenvalue weighted by Crippen LogP contribution is -2.11. The van der Waals surface area contributed by atoms with Crippen LogP contribution in [0.15, 0.2) is 42.5 Å². The highest BCUT2D eigenvalue weighted by Gasteiger charge is 2.16. The number of fused-ring (bicyclic) bond motifs is 1. The number of hydrogen-bond donors (Lipinski definition) is 1. The van der Waals surface area contributed by atoms with Crippen LogP contribution < -0.4 is 0 Å². The van der Waals surface area contributed by atoms with Gasteiger partial charge in [0.2, 0.25) is 0 Å². The van der Waals surface area contributed by atoms with Crippen molar-refractivity contribution in [3.63, 3.8) is 0 Å². The molecular formula is C15H18O. The van der Waals surface area contributed by atoms with Crippen molar-refractivity contribution in [2.45, 2.75) is 19.8 Å². The molecule has 1 heteroatoms. The molecule has 0 aliphatic heterocycles. The Morgan fingerprint density at radius 2 is 1.69 bits per heavy atom. The average molecular weight is 214 g/mol. The molecule has 1 unspecified atom stereocenters. The summed E-state index contributed by atoms with van der Waals surface area (Å²) in [5.41, 5.74) is 1.26. The summed E-state index contributed by atoms with van der Waals surface area (Å²) in [7, 11) is 0. The lowest BCUT2D eigenvalue weighted by Gasteiger charge is -2.20. The molecule has 2 rings (SSSR count). The fraction of sp³-hybridized carbons (Fsp3) is 0.333. The largest absolute Gasteiger partial charge is 0.396 e. The van der Waals surface area contributed by atoms with Gasteiger partial charge in [-0.1, -0.05) is 56.3 Å². The van der Waals surface area contributed by atoms with E-state index in [1.54, 1.807) is 0 Å². The number of hydrogen-bond acceptors (Lipinski definition) is 1. The predicted molar refractivity (Wildman–Crippen MR) is 68.6 cm³/mol. The summed E-state index contributed by atoms with van der Waals surface area (Å²) < 4.78 is 0. The summed E-state index contributed by atoms with van der Waals surface area (Å²) in [5.74, 6) is 0.682.